The van der Waals surface area contributed by atoms with Gasteiger partial charge in [0.15, 0.2) is 0 Å². The Morgan fingerprint density at radius 3 is 2.61 bits per heavy atom. The Kier molecular flexibility index (Phi) is 5.67. The molecular formula is C23H34N8O2. The van der Waals surface area contributed by atoms with Crippen LogP contribution in [0.15, 0.2) is 16.8 Å². The number of hydrogen-bond acceptors (Lipinski definition) is 10. The number of nitrogens with zero attached hydrogens (tertiary/aromatic N) is 6. The first-order chi connectivity index (χ1) is 16.1. The van der Waals surface area contributed by atoms with Crippen LogP contribution in [0.25, 0.3) is 0 Å². The minimum Gasteiger partial charge on any atom is -0.408 e. The standard InChI is InChI=1S/C23H34N8O2/c1-14(2)32-16-5-6-18-17(11-16)21(27-26-18)19-12-20(25-13-24-19)30-7-9-31(10-8-30)23-29-28-22(33-23)15-3-4-15/h12-18,21,26-27H,3-11H2,1-2H3. The summed E-state index contributed by atoms with van der Waals surface area (Å²) in [4.78, 5) is 13.8. The highest BCUT2D eigenvalue weighted by molar-refractivity contribution is 5.43. The molecule has 0 amide bonds. The largest absolute Gasteiger partial charge is 0.408 e. The van der Waals surface area contributed by atoms with Gasteiger partial charge in [-0.15, -0.1) is 5.10 Å². The van der Waals surface area contributed by atoms with E-state index in [4.69, 9.17) is 9.15 Å². The molecule has 0 spiro atoms. The summed E-state index contributed by atoms with van der Waals surface area (Å²) in [6.07, 6.45) is 7.94. The lowest BCUT2D eigenvalue weighted by Gasteiger charge is -2.35. The Labute approximate surface area is 194 Å². The van der Waals surface area contributed by atoms with Gasteiger partial charge >= 0.3 is 6.01 Å². The molecule has 0 aromatic carbocycles. The molecule has 2 N–H and O–H groups in total. The highest BCUT2D eigenvalue weighted by atomic mass is 16.5. The van der Waals surface area contributed by atoms with E-state index in [1.165, 1.54) is 12.8 Å². The molecule has 10 nitrogen and oxygen atoms in total. The number of nitrogens with one attached hydrogen (secondary N) is 2. The predicted molar refractivity (Wildman–Crippen MR) is 123 cm³/mol. The number of rotatable bonds is 6. The number of hydrogen-bond donors (Lipinski definition) is 2. The fourth-order valence-electron chi connectivity index (χ4n) is 5.50. The number of hydrazine groups is 1. The van der Waals surface area contributed by atoms with E-state index in [0.29, 0.717) is 30.0 Å². The molecule has 33 heavy (non-hydrogen) atoms. The third kappa shape index (κ3) is 4.43. The molecule has 4 heterocycles. The molecule has 2 aromatic rings. The second-order valence-corrected chi connectivity index (χ2v) is 10.1. The van der Waals surface area contributed by atoms with Gasteiger partial charge in [-0.3, -0.25) is 5.43 Å². The van der Waals surface area contributed by atoms with Gasteiger partial charge in [-0.05, 0) is 46.0 Å². The lowest BCUT2D eigenvalue weighted by atomic mass is 9.79. The van der Waals surface area contributed by atoms with Crippen LogP contribution >= 0.6 is 0 Å². The highest BCUT2D eigenvalue weighted by Gasteiger charge is 2.42. The Hall–Kier alpha value is -2.30. The van der Waals surface area contributed by atoms with E-state index in [2.05, 4.69) is 60.7 Å². The highest BCUT2D eigenvalue weighted by Crippen LogP contribution is 2.40. The average molecular weight is 455 g/mol. The zero-order valence-electron chi connectivity index (χ0n) is 19.5. The molecule has 2 aliphatic carbocycles. The molecule has 4 unspecified atom stereocenters. The van der Waals surface area contributed by atoms with Crippen LogP contribution < -0.4 is 20.7 Å². The van der Waals surface area contributed by atoms with Crippen molar-refractivity contribution in [3.63, 3.8) is 0 Å². The van der Waals surface area contributed by atoms with Crippen LogP contribution in [0.3, 0.4) is 0 Å². The third-order valence-corrected chi connectivity index (χ3v) is 7.39. The van der Waals surface area contributed by atoms with Crippen LogP contribution in [0.2, 0.25) is 0 Å². The minimum atomic E-state index is 0.177. The Morgan fingerprint density at radius 1 is 1.00 bits per heavy atom. The summed E-state index contributed by atoms with van der Waals surface area (Å²) in [5.41, 5.74) is 8.08. The summed E-state index contributed by atoms with van der Waals surface area (Å²) < 4.78 is 12.0. The van der Waals surface area contributed by atoms with Gasteiger partial charge in [-0.2, -0.15) is 0 Å². The Bertz CT molecular complexity index is 955. The topological polar surface area (TPSA) is 104 Å². The summed E-state index contributed by atoms with van der Waals surface area (Å²) in [7, 11) is 0. The summed E-state index contributed by atoms with van der Waals surface area (Å²) in [6.45, 7) is 7.65. The van der Waals surface area contributed by atoms with Crippen molar-refractivity contribution in [2.45, 2.75) is 76.2 Å². The zero-order chi connectivity index (χ0) is 22.4. The molecule has 2 aliphatic heterocycles. The molecule has 2 saturated heterocycles. The van der Waals surface area contributed by atoms with Crippen LogP contribution in [0, 0.1) is 5.92 Å². The van der Waals surface area contributed by atoms with Crippen LogP contribution in [0.1, 0.15) is 69.5 Å². The molecular weight excluding hydrogens is 420 g/mol. The first-order valence-electron chi connectivity index (χ1n) is 12.5. The normalized spacial score (nSPS) is 30.2. The lowest BCUT2D eigenvalue weighted by molar-refractivity contribution is -0.0276. The van der Waals surface area contributed by atoms with Crippen molar-refractivity contribution in [1.82, 2.24) is 31.0 Å². The van der Waals surface area contributed by atoms with Crippen LogP contribution in [-0.4, -0.2) is 64.6 Å². The Morgan fingerprint density at radius 2 is 1.82 bits per heavy atom. The van der Waals surface area contributed by atoms with E-state index in [1.807, 2.05) is 0 Å². The van der Waals surface area contributed by atoms with Crippen molar-refractivity contribution >= 4 is 11.8 Å². The molecule has 178 valence electrons. The van der Waals surface area contributed by atoms with Gasteiger partial charge in [0.2, 0.25) is 5.89 Å². The Balaban J connectivity index is 1.10. The smallest absolute Gasteiger partial charge is 0.318 e. The first kappa shape index (κ1) is 21.2. The van der Waals surface area contributed by atoms with Crippen LogP contribution in [0.5, 0.6) is 0 Å². The zero-order valence-corrected chi connectivity index (χ0v) is 19.5. The molecule has 10 heteroatoms. The summed E-state index contributed by atoms with van der Waals surface area (Å²) in [5, 5.41) is 8.49. The number of fused-ring (bicyclic) bond motifs is 1. The molecule has 2 aromatic heterocycles. The molecule has 6 rings (SSSR count). The van der Waals surface area contributed by atoms with Crippen molar-refractivity contribution < 1.29 is 9.15 Å². The maximum Gasteiger partial charge on any atom is 0.318 e. The van der Waals surface area contributed by atoms with Crippen LogP contribution in [-0.2, 0) is 4.74 Å². The first-order valence-corrected chi connectivity index (χ1v) is 12.5. The fourth-order valence-corrected chi connectivity index (χ4v) is 5.50. The van der Waals surface area contributed by atoms with E-state index >= 15 is 0 Å². The maximum atomic E-state index is 6.15. The predicted octanol–water partition coefficient (Wildman–Crippen LogP) is 2.17. The van der Waals surface area contributed by atoms with Gasteiger partial charge < -0.3 is 19.0 Å². The quantitative estimate of drug-likeness (QED) is 0.675. The van der Waals surface area contributed by atoms with Crippen molar-refractivity contribution in [1.29, 1.82) is 0 Å². The number of aromatic nitrogens is 4. The van der Waals surface area contributed by atoms with E-state index < -0.39 is 0 Å². The molecule has 0 bridgehead atoms. The molecule has 4 atom stereocenters. The van der Waals surface area contributed by atoms with Gasteiger partial charge in [0.25, 0.3) is 0 Å². The van der Waals surface area contributed by atoms with Gasteiger partial charge in [0.05, 0.1) is 23.9 Å². The van der Waals surface area contributed by atoms with Gasteiger partial charge in [-0.1, -0.05) is 5.10 Å². The van der Waals surface area contributed by atoms with Crippen molar-refractivity contribution in [2.75, 3.05) is 36.0 Å². The number of anilines is 2. The summed E-state index contributed by atoms with van der Waals surface area (Å²) in [6, 6.07) is 3.46. The van der Waals surface area contributed by atoms with Crippen molar-refractivity contribution in [3.05, 3.63) is 24.0 Å². The van der Waals surface area contributed by atoms with Crippen molar-refractivity contribution in [2.24, 2.45) is 5.92 Å². The molecule has 2 saturated carbocycles. The second kappa shape index (κ2) is 8.81. The molecule has 0 radical (unpaired) electrons. The summed E-state index contributed by atoms with van der Waals surface area (Å²) in [5.74, 6) is 2.74. The van der Waals surface area contributed by atoms with E-state index in [0.717, 1.165) is 62.8 Å². The average Bonchev–Trinajstić information content (AvgIpc) is 3.41. The fraction of sp³-hybridized carbons (Fsp3) is 0.739. The van der Waals surface area contributed by atoms with Gasteiger partial charge in [0.1, 0.15) is 12.1 Å². The molecule has 4 aliphatic rings. The number of ether oxygens (including phenoxy) is 1. The monoisotopic (exact) mass is 454 g/mol. The van der Waals surface area contributed by atoms with E-state index in [-0.39, 0.29) is 12.1 Å². The van der Waals surface area contributed by atoms with E-state index in [9.17, 15) is 0 Å². The SMILES string of the molecule is CC(C)OC1CCC2NNC(c3cc(N4CCN(c5nnc(C6CC6)o5)CC4)ncn3)C2C1. The minimum absolute atomic E-state index is 0.177. The lowest BCUT2D eigenvalue weighted by Crippen LogP contribution is -2.47. The number of piperazine rings is 1. The molecule has 4 fully saturated rings. The van der Waals surface area contributed by atoms with E-state index in [1.54, 1.807) is 6.33 Å². The summed E-state index contributed by atoms with van der Waals surface area (Å²) >= 11 is 0. The third-order valence-electron chi connectivity index (χ3n) is 7.39. The van der Waals surface area contributed by atoms with Crippen molar-refractivity contribution in [3.8, 4) is 0 Å². The van der Waals surface area contributed by atoms with Gasteiger partial charge in [-0.25, -0.2) is 15.4 Å². The second-order valence-electron chi connectivity index (χ2n) is 10.1. The van der Waals surface area contributed by atoms with Crippen LogP contribution in [0.4, 0.5) is 11.8 Å². The maximum absolute atomic E-state index is 6.15. The van der Waals surface area contributed by atoms with Gasteiger partial charge in [0, 0.05) is 50.1 Å².